The van der Waals surface area contributed by atoms with Crippen molar-refractivity contribution < 1.29 is 32.6 Å². The Hall–Kier alpha value is -4.61. The van der Waals surface area contributed by atoms with Gasteiger partial charge in [0.15, 0.2) is 11.4 Å². The second-order valence-corrected chi connectivity index (χ2v) is 13.0. The lowest BCUT2D eigenvalue weighted by atomic mass is 10.0. The summed E-state index contributed by atoms with van der Waals surface area (Å²) in [6, 6.07) is 3.12. The van der Waals surface area contributed by atoms with E-state index in [1.54, 1.807) is 4.57 Å². The van der Waals surface area contributed by atoms with Gasteiger partial charge in [-0.25, -0.2) is 4.98 Å². The first-order valence-corrected chi connectivity index (χ1v) is 16.5. The number of carbonyl (C=O) groups excluding carboxylic acids is 2. The number of aromatic nitrogens is 5. The fourth-order valence-electron chi connectivity index (χ4n) is 6.64. The number of benzene rings is 1. The van der Waals surface area contributed by atoms with Crippen LogP contribution in [0.1, 0.15) is 47.1 Å². The minimum atomic E-state index is -4.61. The van der Waals surface area contributed by atoms with Gasteiger partial charge in [0, 0.05) is 51.4 Å². The van der Waals surface area contributed by atoms with Crippen molar-refractivity contribution in [2.24, 2.45) is 0 Å². The summed E-state index contributed by atoms with van der Waals surface area (Å²) in [7, 11) is 0. The summed E-state index contributed by atoms with van der Waals surface area (Å²) in [4.78, 5) is 55.4. The van der Waals surface area contributed by atoms with Gasteiger partial charge < -0.3 is 29.9 Å². The lowest BCUT2D eigenvalue weighted by Gasteiger charge is -2.36. The molecule has 2 amide bonds. The molecule has 2 atom stereocenters. The van der Waals surface area contributed by atoms with Crippen molar-refractivity contribution in [3.8, 4) is 5.75 Å². The highest BCUT2D eigenvalue weighted by molar-refractivity contribution is 6.34. The Bertz CT molecular complexity index is 2060. The largest absolute Gasteiger partial charge is 0.504 e. The highest BCUT2D eigenvalue weighted by Crippen LogP contribution is 2.42. The highest BCUT2D eigenvalue weighted by Gasteiger charge is 2.41. The van der Waals surface area contributed by atoms with Gasteiger partial charge in [0.25, 0.3) is 11.5 Å². The summed E-state index contributed by atoms with van der Waals surface area (Å²) in [5, 5.41) is 17.3. The zero-order valence-corrected chi connectivity index (χ0v) is 28.0. The maximum Gasteiger partial charge on any atom is 0.416 e. The first-order chi connectivity index (χ1) is 23.8. The molecule has 2 saturated heterocycles. The molecule has 2 N–H and O–H groups in total. The van der Waals surface area contributed by atoms with Crippen molar-refractivity contribution in [1.29, 1.82) is 0 Å². The molecular formula is C31H30Cl2F3N9O5. The van der Waals surface area contributed by atoms with Crippen LogP contribution >= 0.6 is 23.2 Å². The van der Waals surface area contributed by atoms with E-state index < -0.39 is 40.9 Å². The maximum atomic E-state index is 14.3. The number of nitrogens with zero attached hydrogens (tertiary/aromatic N) is 8. The number of pyridine rings is 1. The number of anilines is 3. The number of amides is 2. The smallest absolute Gasteiger partial charge is 0.416 e. The third-order valence-corrected chi connectivity index (χ3v) is 9.78. The summed E-state index contributed by atoms with van der Waals surface area (Å²) < 4.78 is 48.0. The molecule has 4 aromatic rings. The molecule has 0 radical (unpaired) electrons. The number of halogens is 5. The summed E-state index contributed by atoms with van der Waals surface area (Å²) >= 11 is 12.2. The van der Waals surface area contributed by atoms with Crippen LogP contribution in [0, 0.1) is 0 Å². The predicted molar refractivity (Wildman–Crippen MR) is 176 cm³/mol. The van der Waals surface area contributed by atoms with Crippen LogP contribution in [0.5, 0.6) is 5.75 Å². The number of alkyl halides is 3. The molecule has 1 aromatic carbocycles. The Morgan fingerprint density at radius 3 is 2.42 bits per heavy atom. The molecule has 0 saturated carbocycles. The van der Waals surface area contributed by atoms with Crippen LogP contribution in [-0.2, 0) is 15.7 Å². The number of morpholine rings is 1. The highest BCUT2D eigenvalue weighted by atomic mass is 35.5. The van der Waals surface area contributed by atoms with E-state index in [4.69, 9.17) is 32.9 Å². The van der Waals surface area contributed by atoms with E-state index in [1.807, 2.05) is 16.7 Å². The van der Waals surface area contributed by atoms with Crippen molar-refractivity contribution in [1.82, 2.24) is 29.0 Å². The molecule has 2 fully saturated rings. The number of piperazine rings is 1. The molecule has 3 aliphatic rings. The third kappa shape index (κ3) is 5.96. The lowest BCUT2D eigenvalue weighted by molar-refractivity contribution is -0.137. The monoisotopic (exact) mass is 735 g/mol. The van der Waals surface area contributed by atoms with Gasteiger partial charge >= 0.3 is 6.18 Å². The molecule has 0 bridgehead atoms. The van der Waals surface area contributed by atoms with Gasteiger partial charge in [-0.2, -0.15) is 22.7 Å². The van der Waals surface area contributed by atoms with E-state index in [0.29, 0.717) is 37.7 Å². The number of rotatable bonds is 5. The van der Waals surface area contributed by atoms with Gasteiger partial charge in [-0.3, -0.25) is 19.0 Å². The number of carbonyl (C=O) groups is 2. The Balaban J connectivity index is 1.25. The van der Waals surface area contributed by atoms with Crippen molar-refractivity contribution in [3.63, 3.8) is 0 Å². The van der Waals surface area contributed by atoms with E-state index in [0.717, 1.165) is 18.2 Å². The number of ether oxygens (including phenoxy) is 1. The molecule has 50 heavy (non-hydrogen) atoms. The minimum Gasteiger partial charge on any atom is -0.504 e. The van der Waals surface area contributed by atoms with Crippen LogP contribution in [-0.4, -0.2) is 98.5 Å². The Morgan fingerprint density at radius 1 is 1.02 bits per heavy atom. The molecule has 0 spiro atoms. The Morgan fingerprint density at radius 2 is 1.74 bits per heavy atom. The fourth-order valence-corrected chi connectivity index (χ4v) is 7.02. The number of hydrogen-bond donors (Lipinski definition) is 2. The van der Waals surface area contributed by atoms with Crippen molar-refractivity contribution in [2.75, 3.05) is 67.6 Å². The maximum absolute atomic E-state index is 14.3. The summed E-state index contributed by atoms with van der Waals surface area (Å²) in [6.07, 6.45) is -3.04. The summed E-state index contributed by atoms with van der Waals surface area (Å²) in [5.74, 6) is -1.41. The number of fused-ring (bicyclic) bond motifs is 3. The Kier molecular flexibility index (Phi) is 8.76. The molecule has 7 rings (SSSR count). The molecular weight excluding hydrogens is 706 g/mol. The molecule has 3 aliphatic heterocycles. The number of hydrogen-bond acceptors (Lipinski definition) is 10. The molecule has 0 aliphatic carbocycles. The standard InChI is InChI=1S/C31H30Cl2F3N9O5/c1-16-14-21(26(47)38-20-3-2-17(15-19(20)33)31(34,35)36)44-23(16)24(28(49)45-30(44)39-29(40-45)43-10-12-50-13-11-43)41-6-8-42(9-7-41)27(48)22-25(46)18(32)4-5-37-22/h2-5,15-16,21,46H,6-14H2,1H3,(H,38,47)/t16-,21-/m1/s1. The first kappa shape index (κ1) is 33.9. The Labute approximate surface area is 292 Å². The van der Waals surface area contributed by atoms with E-state index in [1.165, 1.54) is 21.7 Å². The third-order valence-electron chi connectivity index (χ3n) is 9.16. The second-order valence-electron chi connectivity index (χ2n) is 12.2. The van der Waals surface area contributed by atoms with Crippen LogP contribution < -0.4 is 20.7 Å². The fraction of sp³-hybridized carbons (Fsp3) is 0.419. The van der Waals surface area contributed by atoms with Crippen LogP contribution in [0.2, 0.25) is 10.0 Å². The van der Waals surface area contributed by atoms with Gasteiger partial charge in [-0.05, 0) is 30.7 Å². The molecule has 0 unspecified atom stereocenters. The van der Waals surface area contributed by atoms with Crippen LogP contribution in [0.4, 0.5) is 30.5 Å². The second kappa shape index (κ2) is 12.9. The molecule has 264 valence electrons. The zero-order chi connectivity index (χ0) is 35.5. The van der Waals surface area contributed by atoms with Crippen LogP contribution in [0.25, 0.3) is 5.78 Å². The predicted octanol–water partition coefficient (Wildman–Crippen LogP) is 3.80. The normalized spacial score (nSPS) is 19.6. The quantitative estimate of drug-likeness (QED) is 0.310. The number of aromatic hydroxyl groups is 1. The summed E-state index contributed by atoms with van der Waals surface area (Å²) in [5.41, 5.74) is -0.753. The van der Waals surface area contributed by atoms with Crippen molar-refractivity contribution >= 4 is 58.1 Å². The van der Waals surface area contributed by atoms with E-state index in [9.17, 15) is 32.7 Å². The molecule has 6 heterocycles. The van der Waals surface area contributed by atoms with Gasteiger partial charge in [-0.15, -0.1) is 5.10 Å². The van der Waals surface area contributed by atoms with E-state index >= 15 is 0 Å². The number of nitrogens with one attached hydrogen (secondary N) is 1. The van der Waals surface area contributed by atoms with Crippen molar-refractivity contribution in [2.45, 2.75) is 31.5 Å². The molecule has 3 aromatic heterocycles. The van der Waals surface area contributed by atoms with Crippen LogP contribution in [0.15, 0.2) is 35.3 Å². The molecule has 14 nitrogen and oxygen atoms in total. The summed E-state index contributed by atoms with van der Waals surface area (Å²) in [6.45, 7) is 4.57. The van der Waals surface area contributed by atoms with Gasteiger partial charge in [0.2, 0.25) is 17.6 Å². The van der Waals surface area contributed by atoms with Crippen LogP contribution in [0.3, 0.4) is 0 Å². The van der Waals surface area contributed by atoms with Gasteiger partial charge in [0.05, 0.1) is 40.2 Å². The SMILES string of the molecule is C[C@@H]1C[C@H](C(=O)Nc2ccc(C(F)(F)F)cc2Cl)n2c1c(N1CCN(C(=O)c3nccc(Cl)c3O)CC1)c(=O)n1nc(N3CCOCC3)nc21. The van der Waals surface area contributed by atoms with Gasteiger partial charge in [0.1, 0.15) is 11.7 Å². The van der Waals surface area contributed by atoms with E-state index in [2.05, 4.69) is 15.4 Å². The average molecular weight is 737 g/mol. The lowest BCUT2D eigenvalue weighted by Crippen LogP contribution is -2.51. The average Bonchev–Trinajstić information content (AvgIpc) is 3.69. The first-order valence-electron chi connectivity index (χ1n) is 15.8. The molecule has 19 heteroatoms. The van der Waals surface area contributed by atoms with Crippen molar-refractivity contribution in [3.05, 3.63) is 67.8 Å². The zero-order valence-electron chi connectivity index (χ0n) is 26.5. The minimum absolute atomic E-state index is 0.000416. The topological polar surface area (TPSA) is 150 Å². The van der Waals surface area contributed by atoms with E-state index in [-0.39, 0.29) is 71.7 Å². The van der Waals surface area contributed by atoms with Gasteiger partial charge in [-0.1, -0.05) is 30.1 Å².